The minimum absolute atomic E-state index is 0.135. The third kappa shape index (κ3) is 3.32. The minimum atomic E-state index is -0.428. The van der Waals surface area contributed by atoms with Gasteiger partial charge in [0.25, 0.3) is 5.56 Å². The highest BCUT2D eigenvalue weighted by atomic mass is 16.1. The van der Waals surface area contributed by atoms with Crippen molar-refractivity contribution in [2.24, 2.45) is 4.99 Å². The summed E-state index contributed by atoms with van der Waals surface area (Å²) < 4.78 is 1.59. The molecule has 0 fully saturated rings. The number of guanidine groups is 1. The third-order valence-corrected chi connectivity index (χ3v) is 5.17. The van der Waals surface area contributed by atoms with Gasteiger partial charge in [-0.05, 0) is 31.0 Å². The molecule has 3 aromatic heterocycles. The lowest BCUT2D eigenvalue weighted by Crippen LogP contribution is -2.48. The van der Waals surface area contributed by atoms with E-state index in [1.54, 1.807) is 23.9 Å². The summed E-state index contributed by atoms with van der Waals surface area (Å²) in [5.41, 5.74) is 3.73. The highest BCUT2D eigenvalue weighted by molar-refractivity contribution is 5.93. The van der Waals surface area contributed by atoms with Crippen LogP contribution in [0.15, 0.2) is 70.8 Å². The van der Waals surface area contributed by atoms with Crippen molar-refractivity contribution in [3.63, 3.8) is 0 Å². The van der Waals surface area contributed by atoms with Gasteiger partial charge in [0, 0.05) is 53.4 Å². The molecule has 0 radical (unpaired) electrons. The van der Waals surface area contributed by atoms with Gasteiger partial charge in [0.2, 0.25) is 5.95 Å². The molecule has 1 unspecified atom stereocenters. The zero-order chi connectivity index (χ0) is 20.5. The molecule has 4 aromatic rings. The van der Waals surface area contributed by atoms with Gasteiger partial charge < -0.3 is 10.3 Å². The maximum atomic E-state index is 12.6. The molecule has 4 heterocycles. The minimum Gasteiger partial charge on any atom is -0.361 e. The average molecular weight is 399 g/mol. The van der Waals surface area contributed by atoms with Crippen molar-refractivity contribution >= 4 is 22.8 Å². The summed E-state index contributed by atoms with van der Waals surface area (Å²) in [7, 11) is 0. The summed E-state index contributed by atoms with van der Waals surface area (Å²) in [4.78, 5) is 29.3. The first-order valence-electron chi connectivity index (χ1n) is 9.82. The molecule has 150 valence electrons. The number of hydrogen-bond donors (Lipinski definition) is 3. The molecule has 30 heavy (non-hydrogen) atoms. The Balaban J connectivity index is 1.44. The molecule has 8 nitrogen and oxygen atoms in total. The SMILES string of the molecule is Cc1cc(=O)n2c(n1)NC(=NCCc1c[nH]c3ccccc13)NC2c1cccnc1. The van der Waals surface area contributed by atoms with Crippen molar-refractivity contribution in [1.82, 2.24) is 24.8 Å². The summed E-state index contributed by atoms with van der Waals surface area (Å²) in [6, 6.07) is 13.5. The Bertz CT molecular complexity index is 1290. The van der Waals surface area contributed by atoms with Gasteiger partial charge in [0.15, 0.2) is 5.96 Å². The predicted molar refractivity (Wildman–Crippen MR) is 117 cm³/mol. The van der Waals surface area contributed by atoms with Crippen LogP contribution in [0.5, 0.6) is 0 Å². The van der Waals surface area contributed by atoms with Crippen LogP contribution in [-0.2, 0) is 6.42 Å². The molecule has 1 aromatic carbocycles. The molecule has 1 atom stereocenters. The molecule has 0 aliphatic carbocycles. The van der Waals surface area contributed by atoms with Crippen LogP contribution in [0.4, 0.5) is 5.95 Å². The third-order valence-electron chi connectivity index (χ3n) is 5.17. The fourth-order valence-electron chi connectivity index (χ4n) is 3.76. The number of para-hydroxylation sites is 1. The number of nitrogens with one attached hydrogen (secondary N) is 3. The Labute approximate surface area is 172 Å². The van der Waals surface area contributed by atoms with Gasteiger partial charge in [-0.15, -0.1) is 0 Å². The fraction of sp³-hybridized carbons (Fsp3) is 0.182. The first-order chi connectivity index (χ1) is 14.7. The number of rotatable bonds is 4. The van der Waals surface area contributed by atoms with Crippen LogP contribution in [0, 0.1) is 6.92 Å². The van der Waals surface area contributed by atoms with Gasteiger partial charge in [0.1, 0.15) is 6.17 Å². The van der Waals surface area contributed by atoms with E-state index in [2.05, 4.69) is 37.7 Å². The Morgan fingerprint density at radius 3 is 2.97 bits per heavy atom. The number of nitrogens with zero attached hydrogens (tertiary/aromatic N) is 4. The van der Waals surface area contributed by atoms with Crippen molar-refractivity contribution in [2.45, 2.75) is 19.5 Å². The van der Waals surface area contributed by atoms with Crippen LogP contribution in [-0.4, -0.2) is 32.0 Å². The number of aromatic nitrogens is 4. The summed E-state index contributed by atoms with van der Waals surface area (Å²) >= 11 is 0. The van der Waals surface area contributed by atoms with E-state index < -0.39 is 6.17 Å². The van der Waals surface area contributed by atoms with Gasteiger partial charge in [-0.25, -0.2) is 4.98 Å². The van der Waals surface area contributed by atoms with E-state index in [1.807, 2.05) is 30.5 Å². The van der Waals surface area contributed by atoms with Crippen molar-refractivity contribution in [1.29, 1.82) is 0 Å². The maximum Gasteiger partial charge on any atom is 0.257 e. The molecule has 0 bridgehead atoms. The summed E-state index contributed by atoms with van der Waals surface area (Å²) in [6.45, 7) is 2.39. The van der Waals surface area contributed by atoms with Crippen LogP contribution < -0.4 is 16.2 Å². The van der Waals surface area contributed by atoms with Gasteiger partial charge in [-0.3, -0.25) is 24.7 Å². The lowest BCUT2D eigenvalue weighted by molar-refractivity contribution is 0.513. The number of aromatic amines is 1. The normalized spacial score (nSPS) is 16.8. The number of fused-ring (bicyclic) bond motifs is 2. The highest BCUT2D eigenvalue weighted by Gasteiger charge is 2.26. The zero-order valence-corrected chi connectivity index (χ0v) is 16.5. The van der Waals surface area contributed by atoms with Crippen molar-refractivity contribution in [3.8, 4) is 0 Å². The number of aryl methyl sites for hydroxylation is 1. The number of anilines is 1. The van der Waals surface area contributed by atoms with Crippen molar-refractivity contribution < 1.29 is 0 Å². The largest absolute Gasteiger partial charge is 0.361 e. The van der Waals surface area contributed by atoms with E-state index in [-0.39, 0.29) is 5.56 Å². The Morgan fingerprint density at radius 2 is 2.10 bits per heavy atom. The van der Waals surface area contributed by atoms with E-state index in [9.17, 15) is 4.79 Å². The molecular formula is C22H21N7O. The van der Waals surface area contributed by atoms with Crippen LogP contribution in [0.25, 0.3) is 10.9 Å². The number of benzene rings is 1. The summed E-state index contributed by atoms with van der Waals surface area (Å²) in [6.07, 6.45) is 5.84. The zero-order valence-electron chi connectivity index (χ0n) is 16.5. The van der Waals surface area contributed by atoms with E-state index in [0.29, 0.717) is 24.1 Å². The lowest BCUT2D eigenvalue weighted by atomic mass is 10.1. The molecule has 0 spiro atoms. The average Bonchev–Trinajstić information content (AvgIpc) is 3.17. The second-order valence-corrected chi connectivity index (χ2v) is 7.23. The molecule has 0 amide bonds. The first kappa shape index (κ1) is 18.1. The van der Waals surface area contributed by atoms with Crippen LogP contribution >= 0.6 is 0 Å². The molecule has 0 saturated heterocycles. The smallest absolute Gasteiger partial charge is 0.257 e. The van der Waals surface area contributed by atoms with Gasteiger partial charge in [0.05, 0.1) is 0 Å². The first-order valence-corrected chi connectivity index (χ1v) is 9.82. The van der Waals surface area contributed by atoms with Crippen molar-refractivity contribution in [3.05, 3.63) is 88.2 Å². The number of hydrogen-bond acceptors (Lipinski definition) is 4. The van der Waals surface area contributed by atoms with Crippen LogP contribution in [0.2, 0.25) is 0 Å². The molecular weight excluding hydrogens is 378 g/mol. The second kappa shape index (κ2) is 7.47. The van der Waals surface area contributed by atoms with Crippen LogP contribution in [0.1, 0.15) is 23.0 Å². The van der Waals surface area contributed by atoms with Gasteiger partial charge in [-0.1, -0.05) is 24.3 Å². The number of H-pyrrole nitrogens is 1. The van der Waals surface area contributed by atoms with Crippen molar-refractivity contribution in [2.75, 3.05) is 11.9 Å². The molecule has 1 aliphatic heterocycles. The standard InChI is InChI=1S/C22H21N7O/c1-14-11-19(30)29-20(16-5-4-9-23-12-16)27-21(28-22(29)26-14)24-10-8-15-13-25-18-7-3-2-6-17(15)18/h2-7,9,11-13,20,25H,8,10H2,1H3,(H2,24,26,27,28). The van der Waals surface area contributed by atoms with E-state index >= 15 is 0 Å². The predicted octanol–water partition coefficient (Wildman–Crippen LogP) is 2.59. The van der Waals surface area contributed by atoms with E-state index in [4.69, 9.17) is 4.99 Å². The van der Waals surface area contributed by atoms with Crippen LogP contribution in [0.3, 0.4) is 0 Å². The molecule has 3 N–H and O–H groups in total. The monoisotopic (exact) mass is 399 g/mol. The highest BCUT2D eigenvalue weighted by Crippen LogP contribution is 2.21. The Morgan fingerprint density at radius 1 is 1.20 bits per heavy atom. The molecule has 1 aliphatic rings. The Hall–Kier alpha value is -3.94. The van der Waals surface area contributed by atoms with Gasteiger partial charge in [-0.2, -0.15) is 0 Å². The number of pyridine rings is 1. The fourth-order valence-corrected chi connectivity index (χ4v) is 3.76. The second-order valence-electron chi connectivity index (χ2n) is 7.23. The molecule has 5 rings (SSSR count). The van der Waals surface area contributed by atoms with Gasteiger partial charge >= 0.3 is 0 Å². The number of aliphatic imine (C=N–C) groups is 1. The molecule has 0 saturated carbocycles. The Kier molecular flexibility index (Phi) is 4.51. The molecule has 8 heteroatoms. The lowest BCUT2D eigenvalue weighted by Gasteiger charge is -2.30. The quantitative estimate of drug-likeness (QED) is 0.490. The maximum absolute atomic E-state index is 12.6. The van der Waals surface area contributed by atoms with E-state index in [0.717, 1.165) is 17.5 Å². The summed E-state index contributed by atoms with van der Waals surface area (Å²) in [5, 5.41) is 7.69. The topological polar surface area (TPSA) is 100.0 Å². The summed E-state index contributed by atoms with van der Waals surface area (Å²) in [5.74, 6) is 1.06. The van der Waals surface area contributed by atoms with E-state index in [1.165, 1.54) is 17.0 Å².